The monoisotopic (exact) mass is 257 g/mol. The summed E-state index contributed by atoms with van der Waals surface area (Å²) in [6.45, 7) is 7.34. The molecule has 0 amide bonds. The minimum atomic E-state index is -0.193. The van der Waals surface area contributed by atoms with Crippen molar-refractivity contribution in [1.29, 1.82) is 0 Å². The Kier molecular flexibility index (Phi) is 5.93. The summed E-state index contributed by atoms with van der Waals surface area (Å²) in [6.07, 6.45) is 1.73. The van der Waals surface area contributed by atoms with Crippen LogP contribution < -0.4 is 5.32 Å². The first-order chi connectivity index (χ1) is 8.00. The third kappa shape index (κ3) is 5.05. The molecule has 96 valence electrons. The molecular weight excluding hydrogens is 237 g/mol. The molecule has 3 heteroatoms. The molecule has 1 N–H and O–H groups in total. The van der Waals surface area contributed by atoms with E-state index in [1.807, 2.05) is 0 Å². The molecule has 0 spiro atoms. The summed E-state index contributed by atoms with van der Waals surface area (Å²) in [5.41, 5.74) is 0.645. The second kappa shape index (κ2) is 6.97. The van der Waals surface area contributed by atoms with E-state index in [1.54, 1.807) is 12.1 Å². The summed E-state index contributed by atoms with van der Waals surface area (Å²) < 4.78 is 13.6. The maximum atomic E-state index is 13.6. The van der Waals surface area contributed by atoms with Gasteiger partial charge in [-0.05, 0) is 37.4 Å². The molecule has 1 aromatic rings. The van der Waals surface area contributed by atoms with E-state index in [1.165, 1.54) is 6.07 Å². The quantitative estimate of drug-likeness (QED) is 0.811. The van der Waals surface area contributed by atoms with E-state index in [0.717, 1.165) is 13.0 Å². The Morgan fingerprint density at radius 2 is 2.00 bits per heavy atom. The molecule has 1 nitrogen and oxygen atoms in total. The summed E-state index contributed by atoms with van der Waals surface area (Å²) in [5, 5.41) is 3.90. The Labute approximate surface area is 108 Å². The summed E-state index contributed by atoms with van der Waals surface area (Å²) in [7, 11) is 0. The lowest BCUT2D eigenvalue weighted by atomic mass is 9.97. The molecule has 1 atom stereocenters. The molecule has 0 aliphatic heterocycles. The van der Waals surface area contributed by atoms with E-state index >= 15 is 0 Å². The molecule has 0 aliphatic carbocycles. The van der Waals surface area contributed by atoms with Gasteiger partial charge in [0.15, 0.2) is 0 Å². The summed E-state index contributed by atoms with van der Waals surface area (Å²) >= 11 is 6.00. The highest BCUT2D eigenvalue weighted by Gasteiger charge is 2.11. The zero-order valence-corrected chi connectivity index (χ0v) is 11.5. The third-order valence-electron chi connectivity index (χ3n) is 2.80. The predicted molar refractivity (Wildman–Crippen MR) is 72.0 cm³/mol. The second-order valence-electron chi connectivity index (χ2n) is 4.91. The highest BCUT2D eigenvalue weighted by atomic mass is 35.5. The molecule has 1 rings (SSSR count). The summed E-state index contributed by atoms with van der Waals surface area (Å²) in [6, 6.07) is 5.37. The zero-order chi connectivity index (χ0) is 12.8. The maximum Gasteiger partial charge on any atom is 0.127 e. The first kappa shape index (κ1) is 14.5. The van der Waals surface area contributed by atoms with Crippen LogP contribution in [0, 0.1) is 11.7 Å². The van der Waals surface area contributed by atoms with Gasteiger partial charge in [-0.25, -0.2) is 4.39 Å². The van der Waals surface area contributed by atoms with Gasteiger partial charge >= 0.3 is 0 Å². The Bertz CT molecular complexity index is 332. The van der Waals surface area contributed by atoms with Crippen molar-refractivity contribution >= 4 is 11.6 Å². The smallest absolute Gasteiger partial charge is 0.127 e. The second-order valence-corrected chi connectivity index (χ2v) is 5.31. The van der Waals surface area contributed by atoms with Crippen molar-refractivity contribution in [2.24, 2.45) is 5.92 Å². The van der Waals surface area contributed by atoms with Crippen molar-refractivity contribution in [3.63, 3.8) is 0 Å². The van der Waals surface area contributed by atoms with Gasteiger partial charge in [0, 0.05) is 16.6 Å². The van der Waals surface area contributed by atoms with Crippen LogP contribution in [0.2, 0.25) is 5.02 Å². The van der Waals surface area contributed by atoms with E-state index in [9.17, 15) is 4.39 Å². The van der Waals surface area contributed by atoms with Crippen molar-refractivity contribution in [3.05, 3.63) is 34.6 Å². The third-order valence-corrected chi connectivity index (χ3v) is 3.16. The predicted octanol–water partition coefficient (Wildman–Crippen LogP) is 4.05. The van der Waals surface area contributed by atoms with E-state index in [2.05, 4.69) is 26.1 Å². The summed E-state index contributed by atoms with van der Waals surface area (Å²) in [5.74, 6) is 0.233. The fraction of sp³-hybridized carbons (Fsp3) is 0.571. The zero-order valence-electron chi connectivity index (χ0n) is 10.8. The van der Waals surface area contributed by atoms with Crippen molar-refractivity contribution in [2.75, 3.05) is 6.54 Å². The van der Waals surface area contributed by atoms with Crippen LogP contribution >= 0.6 is 11.6 Å². The lowest BCUT2D eigenvalue weighted by molar-refractivity contribution is 0.468. The van der Waals surface area contributed by atoms with Crippen LogP contribution in [0.4, 0.5) is 4.39 Å². The number of hydrogen-bond acceptors (Lipinski definition) is 1. The van der Waals surface area contributed by atoms with E-state index in [-0.39, 0.29) is 5.82 Å². The molecule has 1 unspecified atom stereocenters. The molecular formula is C14H21ClFN. The molecule has 0 saturated heterocycles. The van der Waals surface area contributed by atoms with Crippen LogP contribution in [-0.4, -0.2) is 12.6 Å². The number of rotatable bonds is 6. The SMILES string of the molecule is CC(CCNC(C)C)Cc1c(F)cccc1Cl. The molecule has 0 fully saturated rings. The fourth-order valence-electron chi connectivity index (χ4n) is 1.80. The van der Waals surface area contributed by atoms with Gasteiger partial charge in [0.1, 0.15) is 5.82 Å². The Hall–Kier alpha value is -0.600. The minimum Gasteiger partial charge on any atom is -0.315 e. The molecule has 0 radical (unpaired) electrons. The van der Waals surface area contributed by atoms with Crippen molar-refractivity contribution < 1.29 is 4.39 Å². The van der Waals surface area contributed by atoms with Crippen molar-refractivity contribution in [2.45, 2.75) is 39.7 Å². The van der Waals surface area contributed by atoms with Gasteiger partial charge < -0.3 is 5.32 Å². The van der Waals surface area contributed by atoms with Gasteiger partial charge in [-0.15, -0.1) is 0 Å². The van der Waals surface area contributed by atoms with Gasteiger partial charge in [-0.3, -0.25) is 0 Å². The standard InChI is InChI=1S/C14H21ClFN/c1-10(2)17-8-7-11(3)9-12-13(15)5-4-6-14(12)16/h4-6,10-11,17H,7-9H2,1-3H3. The molecule has 0 aromatic heterocycles. The first-order valence-electron chi connectivity index (χ1n) is 6.17. The van der Waals surface area contributed by atoms with E-state index in [4.69, 9.17) is 11.6 Å². The molecule has 1 aromatic carbocycles. The van der Waals surface area contributed by atoms with E-state index in [0.29, 0.717) is 29.0 Å². The molecule has 17 heavy (non-hydrogen) atoms. The van der Waals surface area contributed by atoms with Gasteiger partial charge in [-0.1, -0.05) is 38.4 Å². The van der Waals surface area contributed by atoms with Crippen LogP contribution in [0.1, 0.15) is 32.8 Å². The average molecular weight is 258 g/mol. The van der Waals surface area contributed by atoms with Gasteiger partial charge in [0.2, 0.25) is 0 Å². The summed E-state index contributed by atoms with van der Waals surface area (Å²) in [4.78, 5) is 0. The maximum absolute atomic E-state index is 13.6. The lowest BCUT2D eigenvalue weighted by Gasteiger charge is -2.15. The molecule has 0 saturated carbocycles. The van der Waals surface area contributed by atoms with E-state index < -0.39 is 0 Å². The number of benzene rings is 1. The molecule has 0 aliphatic rings. The Morgan fingerprint density at radius 3 is 2.59 bits per heavy atom. The fourth-order valence-corrected chi connectivity index (χ4v) is 2.04. The normalized spacial score (nSPS) is 13.1. The number of hydrogen-bond donors (Lipinski definition) is 1. The van der Waals surface area contributed by atoms with Crippen molar-refractivity contribution in [1.82, 2.24) is 5.32 Å². The van der Waals surface area contributed by atoms with Gasteiger partial charge in [-0.2, -0.15) is 0 Å². The highest BCUT2D eigenvalue weighted by Crippen LogP contribution is 2.23. The van der Waals surface area contributed by atoms with Gasteiger partial charge in [0.25, 0.3) is 0 Å². The van der Waals surface area contributed by atoms with Crippen LogP contribution in [0.25, 0.3) is 0 Å². The largest absolute Gasteiger partial charge is 0.315 e. The van der Waals surface area contributed by atoms with Crippen LogP contribution in [0.5, 0.6) is 0 Å². The number of halogens is 2. The Morgan fingerprint density at radius 1 is 1.29 bits per heavy atom. The van der Waals surface area contributed by atoms with Crippen molar-refractivity contribution in [3.8, 4) is 0 Å². The highest BCUT2D eigenvalue weighted by molar-refractivity contribution is 6.31. The van der Waals surface area contributed by atoms with Crippen LogP contribution in [0.3, 0.4) is 0 Å². The van der Waals surface area contributed by atoms with Crippen LogP contribution in [-0.2, 0) is 6.42 Å². The minimum absolute atomic E-state index is 0.193. The Balaban J connectivity index is 2.47. The topological polar surface area (TPSA) is 12.0 Å². The molecule has 0 bridgehead atoms. The first-order valence-corrected chi connectivity index (χ1v) is 6.54. The molecule has 0 heterocycles. The number of nitrogens with one attached hydrogen (secondary N) is 1. The van der Waals surface area contributed by atoms with Gasteiger partial charge in [0.05, 0.1) is 0 Å². The van der Waals surface area contributed by atoms with Crippen LogP contribution in [0.15, 0.2) is 18.2 Å². The average Bonchev–Trinajstić information content (AvgIpc) is 2.23. The lowest BCUT2D eigenvalue weighted by Crippen LogP contribution is -2.25.